The van der Waals surface area contributed by atoms with Gasteiger partial charge in [0.25, 0.3) is 5.91 Å². The summed E-state index contributed by atoms with van der Waals surface area (Å²) in [5.74, 6) is -0.224. The topological polar surface area (TPSA) is 69.3 Å². The molecule has 1 N–H and O–H groups in total. The predicted octanol–water partition coefficient (Wildman–Crippen LogP) is 4.11. The minimum atomic E-state index is -0.292. The van der Waals surface area contributed by atoms with Crippen LogP contribution in [0.25, 0.3) is 11.1 Å². The second-order valence-electron chi connectivity index (χ2n) is 8.71. The third-order valence-electron chi connectivity index (χ3n) is 6.56. The van der Waals surface area contributed by atoms with E-state index in [4.69, 9.17) is 0 Å². The fourth-order valence-corrected chi connectivity index (χ4v) is 4.61. The van der Waals surface area contributed by atoms with Gasteiger partial charge >= 0.3 is 0 Å². The minimum absolute atomic E-state index is 0.0526. The molecule has 0 radical (unpaired) electrons. The number of aryl methyl sites for hydroxylation is 2. The third kappa shape index (κ3) is 4.85. The fraction of sp³-hybridized carbons (Fsp3) is 0.370. The molecule has 2 aromatic carbocycles. The van der Waals surface area contributed by atoms with Crippen LogP contribution in [0.2, 0.25) is 0 Å². The lowest BCUT2D eigenvalue weighted by molar-refractivity contribution is -0.134. The van der Waals surface area contributed by atoms with E-state index in [0.29, 0.717) is 44.6 Å². The number of nitrogens with zero attached hydrogens (tertiary/aromatic N) is 3. The summed E-state index contributed by atoms with van der Waals surface area (Å²) in [4.78, 5) is 30.5. The highest BCUT2D eigenvalue weighted by molar-refractivity contribution is 5.95. The van der Waals surface area contributed by atoms with E-state index in [1.165, 1.54) is 5.56 Å². The first-order chi connectivity index (χ1) is 16.0. The van der Waals surface area contributed by atoms with Gasteiger partial charge in [-0.05, 0) is 43.4 Å². The van der Waals surface area contributed by atoms with E-state index in [1.54, 1.807) is 6.20 Å². The Labute approximate surface area is 195 Å². The Hall–Kier alpha value is -3.41. The van der Waals surface area contributed by atoms with Gasteiger partial charge in [0.05, 0.1) is 17.7 Å². The Balaban J connectivity index is 1.63. The molecule has 2 amide bonds. The molecule has 3 aromatic rings. The molecule has 0 spiro atoms. The first-order valence-electron chi connectivity index (χ1n) is 11.8. The zero-order valence-corrected chi connectivity index (χ0v) is 19.7. The number of carbonyl (C=O) groups excluding carboxylic acids is 2. The van der Waals surface area contributed by atoms with Gasteiger partial charge in [-0.3, -0.25) is 14.7 Å². The average Bonchev–Trinajstić information content (AvgIpc) is 3.26. The van der Waals surface area contributed by atoms with Crippen molar-refractivity contribution < 1.29 is 9.59 Å². The Morgan fingerprint density at radius 1 is 1.09 bits per heavy atom. The number of carbonyl (C=O) groups is 2. The molecule has 4 rings (SSSR count). The third-order valence-corrected chi connectivity index (χ3v) is 6.56. The Morgan fingerprint density at radius 2 is 1.85 bits per heavy atom. The van der Waals surface area contributed by atoms with Gasteiger partial charge in [-0.2, -0.15) is 5.10 Å². The van der Waals surface area contributed by atoms with E-state index in [0.717, 1.165) is 22.4 Å². The van der Waals surface area contributed by atoms with Gasteiger partial charge in [-0.1, -0.05) is 61.0 Å². The first-order valence-corrected chi connectivity index (χ1v) is 11.8. The summed E-state index contributed by atoms with van der Waals surface area (Å²) in [5, 5.41) is 6.99. The standard InChI is InChI=1S/C27H32N4O2/c1-4-25-24(17-28-29-25)27(33)31-15-14-30(5-2)26(32)22(18-31)16-21-8-6-7-9-23(21)20-12-10-19(3)11-13-20/h6-13,17,22H,4-5,14-16,18H2,1-3H3,(H,28,29). The van der Waals surface area contributed by atoms with E-state index < -0.39 is 0 Å². The van der Waals surface area contributed by atoms with Crippen LogP contribution >= 0.6 is 0 Å². The number of H-pyrrole nitrogens is 1. The van der Waals surface area contributed by atoms with Crippen molar-refractivity contribution in [2.45, 2.75) is 33.6 Å². The summed E-state index contributed by atoms with van der Waals surface area (Å²) < 4.78 is 0. The van der Waals surface area contributed by atoms with Crippen LogP contribution in [0.4, 0.5) is 0 Å². The molecule has 0 bridgehead atoms. The summed E-state index contributed by atoms with van der Waals surface area (Å²) in [5.41, 5.74) is 6.07. The number of rotatable bonds is 6. The maximum atomic E-state index is 13.4. The summed E-state index contributed by atoms with van der Waals surface area (Å²) in [7, 11) is 0. The number of hydrogen-bond donors (Lipinski definition) is 1. The molecule has 1 aromatic heterocycles. The number of amides is 2. The summed E-state index contributed by atoms with van der Waals surface area (Å²) in [6.07, 6.45) is 2.91. The monoisotopic (exact) mass is 444 g/mol. The second-order valence-corrected chi connectivity index (χ2v) is 8.71. The van der Waals surface area contributed by atoms with Gasteiger partial charge in [-0.15, -0.1) is 0 Å². The van der Waals surface area contributed by atoms with Crippen LogP contribution in [0.5, 0.6) is 0 Å². The van der Waals surface area contributed by atoms with Crippen LogP contribution in [0.15, 0.2) is 54.7 Å². The number of benzene rings is 2. The van der Waals surface area contributed by atoms with Crippen LogP contribution in [-0.2, 0) is 17.6 Å². The van der Waals surface area contributed by atoms with Crippen molar-refractivity contribution in [1.29, 1.82) is 0 Å². The quantitative estimate of drug-likeness (QED) is 0.622. The maximum Gasteiger partial charge on any atom is 0.257 e. The van der Waals surface area contributed by atoms with E-state index in [9.17, 15) is 9.59 Å². The van der Waals surface area contributed by atoms with Crippen molar-refractivity contribution in [3.8, 4) is 11.1 Å². The highest BCUT2D eigenvalue weighted by Crippen LogP contribution is 2.28. The number of nitrogens with one attached hydrogen (secondary N) is 1. The molecule has 172 valence electrons. The molecule has 6 heteroatoms. The summed E-state index contributed by atoms with van der Waals surface area (Å²) >= 11 is 0. The molecule has 6 nitrogen and oxygen atoms in total. The molecular formula is C27H32N4O2. The van der Waals surface area contributed by atoms with Gasteiger partial charge in [0, 0.05) is 31.9 Å². The summed E-state index contributed by atoms with van der Waals surface area (Å²) in [6, 6.07) is 16.7. The zero-order chi connectivity index (χ0) is 23.4. The van der Waals surface area contributed by atoms with Gasteiger partial charge in [0.1, 0.15) is 0 Å². The molecular weight excluding hydrogens is 412 g/mol. The number of aromatic nitrogens is 2. The van der Waals surface area contributed by atoms with Crippen molar-refractivity contribution in [1.82, 2.24) is 20.0 Å². The average molecular weight is 445 g/mol. The highest BCUT2D eigenvalue weighted by Gasteiger charge is 2.33. The number of aromatic amines is 1. The normalized spacial score (nSPS) is 16.7. The fourth-order valence-electron chi connectivity index (χ4n) is 4.61. The molecule has 2 heterocycles. The van der Waals surface area contributed by atoms with Crippen molar-refractivity contribution in [2.75, 3.05) is 26.2 Å². The molecule has 1 unspecified atom stereocenters. The van der Waals surface area contributed by atoms with Gasteiger partial charge in [0.2, 0.25) is 5.91 Å². The SMILES string of the molecule is CCc1[nH]ncc1C(=O)N1CCN(CC)C(=O)C(Cc2ccccc2-c2ccc(C)cc2)C1. The van der Waals surface area contributed by atoms with Gasteiger partial charge < -0.3 is 9.80 Å². The van der Waals surface area contributed by atoms with Crippen LogP contribution in [0.3, 0.4) is 0 Å². The smallest absolute Gasteiger partial charge is 0.257 e. The summed E-state index contributed by atoms with van der Waals surface area (Å²) in [6.45, 7) is 8.21. The van der Waals surface area contributed by atoms with Crippen LogP contribution < -0.4 is 0 Å². The van der Waals surface area contributed by atoms with E-state index in [1.807, 2.05) is 35.8 Å². The Morgan fingerprint density at radius 3 is 2.58 bits per heavy atom. The Kier molecular flexibility index (Phi) is 6.92. The van der Waals surface area contributed by atoms with Gasteiger partial charge in [-0.25, -0.2) is 0 Å². The second kappa shape index (κ2) is 10.0. The highest BCUT2D eigenvalue weighted by atomic mass is 16.2. The van der Waals surface area contributed by atoms with E-state index in [-0.39, 0.29) is 17.7 Å². The first kappa shape index (κ1) is 22.8. The minimum Gasteiger partial charge on any atom is -0.341 e. The van der Waals surface area contributed by atoms with Crippen LogP contribution in [-0.4, -0.2) is 58.0 Å². The van der Waals surface area contributed by atoms with Crippen molar-refractivity contribution in [3.05, 3.63) is 77.1 Å². The lowest BCUT2D eigenvalue weighted by Crippen LogP contribution is -2.38. The Bertz CT molecular complexity index is 1120. The van der Waals surface area contributed by atoms with Crippen molar-refractivity contribution >= 4 is 11.8 Å². The largest absolute Gasteiger partial charge is 0.341 e. The van der Waals surface area contributed by atoms with E-state index >= 15 is 0 Å². The predicted molar refractivity (Wildman–Crippen MR) is 130 cm³/mol. The molecule has 0 saturated carbocycles. The van der Waals surface area contributed by atoms with Crippen molar-refractivity contribution in [3.63, 3.8) is 0 Å². The number of hydrogen-bond acceptors (Lipinski definition) is 3. The molecule has 33 heavy (non-hydrogen) atoms. The molecule has 1 aliphatic heterocycles. The zero-order valence-electron chi connectivity index (χ0n) is 19.7. The molecule has 1 atom stereocenters. The molecule has 0 aliphatic carbocycles. The maximum absolute atomic E-state index is 13.4. The molecule has 1 saturated heterocycles. The molecule has 1 aliphatic rings. The lowest BCUT2D eigenvalue weighted by atomic mass is 9.91. The van der Waals surface area contributed by atoms with Crippen LogP contribution in [0.1, 0.15) is 41.0 Å². The van der Waals surface area contributed by atoms with Crippen molar-refractivity contribution in [2.24, 2.45) is 5.92 Å². The van der Waals surface area contributed by atoms with Gasteiger partial charge in [0.15, 0.2) is 0 Å². The van der Waals surface area contributed by atoms with Crippen LogP contribution in [0, 0.1) is 12.8 Å². The lowest BCUT2D eigenvalue weighted by Gasteiger charge is -2.24. The molecule has 1 fully saturated rings. The number of likely N-dealkylation sites (N-methyl/N-ethyl adjacent to an activating group) is 1. The van der Waals surface area contributed by atoms with E-state index in [2.05, 4.69) is 53.5 Å².